The minimum Gasteiger partial charge on any atom is -0.497 e. The molecule has 0 aliphatic rings. The van der Waals surface area contributed by atoms with Crippen LogP contribution in [-0.2, 0) is 17.1 Å². The van der Waals surface area contributed by atoms with Crippen LogP contribution in [0, 0.1) is 6.92 Å². The standard InChI is InChI=1S/C19H18N6O4S2/c1-12-21-22-18(30-12)16-17-20-10-14(11-25(17)24(2)19(16)26)23-31(27,28)9-8-13-4-6-15(29-3)7-5-13/h4-11,23H,1-3H3/b9-8+. The highest BCUT2D eigenvalue weighted by atomic mass is 32.2. The maximum absolute atomic E-state index is 12.7. The van der Waals surface area contributed by atoms with Crippen LogP contribution >= 0.6 is 11.3 Å². The Morgan fingerprint density at radius 3 is 2.58 bits per heavy atom. The van der Waals surface area contributed by atoms with Crippen molar-refractivity contribution >= 4 is 38.8 Å². The second kappa shape index (κ2) is 7.96. The second-order valence-electron chi connectivity index (χ2n) is 6.56. The molecule has 160 valence electrons. The molecule has 0 bridgehead atoms. The van der Waals surface area contributed by atoms with E-state index in [2.05, 4.69) is 19.9 Å². The molecule has 10 nitrogen and oxygen atoms in total. The van der Waals surface area contributed by atoms with E-state index in [1.165, 1.54) is 39.0 Å². The Bertz CT molecular complexity index is 1450. The van der Waals surface area contributed by atoms with Crippen molar-refractivity contribution in [2.24, 2.45) is 7.05 Å². The zero-order valence-electron chi connectivity index (χ0n) is 16.8. The topological polar surface area (TPSA) is 120 Å². The van der Waals surface area contributed by atoms with Crippen LogP contribution in [0.1, 0.15) is 10.6 Å². The van der Waals surface area contributed by atoms with Crippen molar-refractivity contribution in [3.05, 3.63) is 63.0 Å². The number of aryl methyl sites for hydroxylation is 2. The average Bonchev–Trinajstić information content (AvgIpc) is 3.28. The van der Waals surface area contributed by atoms with Gasteiger partial charge in [-0.25, -0.2) is 22.6 Å². The Hall–Kier alpha value is -3.51. The lowest BCUT2D eigenvalue weighted by atomic mass is 10.2. The number of nitrogens with one attached hydrogen (secondary N) is 1. The third-order valence-electron chi connectivity index (χ3n) is 4.41. The molecule has 4 aromatic rings. The van der Waals surface area contributed by atoms with Gasteiger partial charge in [-0.3, -0.25) is 9.52 Å². The number of aromatic nitrogens is 5. The SMILES string of the molecule is COc1ccc(/C=C/S(=O)(=O)Nc2cnc3c(-c4nnc(C)s4)c(=O)n(C)n3c2)cc1. The minimum absolute atomic E-state index is 0.206. The Balaban J connectivity index is 1.63. The van der Waals surface area contributed by atoms with Gasteiger partial charge >= 0.3 is 0 Å². The summed E-state index contributed by atoms with van der Waals surface area (Å²) in [6.45, 7) is 1.80. The van der Waals surface area contributed by atoms with Gasteiger partial charge in [-0.2, -0.15) is 0 Å². The van der Waals surface area contributed by atoms with Gasteiger partial charge in [-0.1, -0.05) is 23.5 Å². The van der Waals surface area contributed by atoms with Gasteiger partial charge in [-0.05, 0) is 30.7 Å². The molecule has 0 atom stereocenters. The molecule has 0 radical (unpaired) electrons. The fourth-order valence-corrected chi connectivity index (χ4v) is 4.46. The lowest BCUT2D eigenvalue weighted by Crippen LogP contribution is -2.16. The maximum Gasteiger partial charge on any atom is 0.279 e. The first-order valence-corrected chi connectivity index (χ1v) is 11.4. The van der Waals surface area contributed by atoms with Gasteiger partial charge in [0.05, 0.1) is 30.6 Å². The molecule has 0 amide bonds. The molecule has 1 N–H and O–H groups in total. The van der Waals surface area contributed by atoms with E-state index in [1.54, 1.807) is 45.3 Å². The molecule has 3 aromatic heterocycles. The van der Waals surface area contributed by atoms with E-state index in [9.17, 15) is 13.2 Å². The molecular weight excluding hydrogens is 440 g/mol. The van der Waals surface area contributed by atoms with E-state index >= 15 is 0 Å². The number of nitrogens with zero attached hydrogens (tertiary/aromatic N) is 5. The summed E-state index contributed by atoms with van der Waals surface area (Å²) in [7, 11) is -0.681. The van der Waals surface area contributed by atoms with Crippen molar-refractivity contribution in [3.63, 3.8) is 0 Å². The fourth-order valence-electron chi connectivity index (χ4n) is 2.90. The molecule has 1 aromatic carbocycles. The Morgan fingerprint density at radius 2 is 1.94 bits per heavy atom. The molecule has 3 heterocycles. The summed E-state index contributed by atoms with van der Waals surface area (Å²) in [5.41, 5.74) is 1.28. The fraction of sp³-hybridized carbons (Fsp3) is 0.158. The van der Waals surface area contributed by atoms with Crippen LogP contribution in [0.2, 0.25) is 0 Å². The molecule has 0 unspecified atom stereocenters. The predicted molar refractivity (Wildman–Crippen MR) is 119 cm³/mol. The first kappa shape index (κ1) is 20.8. The summed E-state index contributed by atoms with van der Waals surface area (Å²) < 4.78 is 35.3. The van der Waals surface area contributed by atoms with Crippen molar-refractivity contribution in [2.45, 2.75) is 6.92 Å². The monoisotopic (exact) mass is 458 g/mol. The number of ether oxygens (including phenoxy) is 1. The van der Waals surface area contributed by atoms with Crippen LogP contribution in [0.15, 0.2) is 46.9 Å². The smallest absolute Gasteiger partial charge is 0.279 e. The summed E-state index contributed by atoms with van der Waals surface area (Å²) >= 11 is 1.29. The highest BCUT2D eigenvalue weighted by Gasteiger charge is 2.20. The largest absolute Gasteiger partial charge is 0.497 e. The van der Waals surface area contributed by atoms with Gasteiger partial charge in [0, 0.05) is 7.05 Å². The third kappa shape index (κ3) is 4.20. The lowest BCUT2D eigenvalue weighted by molar-refractivity contribution is 0.415. The predicted octanol–water partition coefficient (Wildman–Crippen LogP) is 2.28. The minimum atomic E-state index is -3.80. The number of fused-ring (bicyclic) bond motifs is 1. The summed E-state index contributed by atoms with van der Waals surface area (Å²) in [4.78, 5) is 17.0. The van der Waals surface area contributed by atoms with Crippen LogP contribution in [-0.4, -0.2) is 39.9 Å². The number of methoxy groups -OCH3 is 1. The molecule has 0 aliphatic carbocycles. The van der Waals surface area contributed by atoms with Gasteiger partial charge in [0.1, 0.15) is 16.3 Å². The number of rotatable bonds is 6. The Morgan fingerprint density at radius 1 is 1.19 bits per heavy atom. The second-order valence-corrected chi connectivity index (χ2v) is 9.31. The molecule has 31 heavy (non-hydrogen) atoms. The molecule has 0 spiro atoms. The summed E-state index contributed by atoms with van der Waals surface area (Å²) in [6.07, 6.45) is 4.31. The van der Waals surface area contributed by atoms with Gasteiger partial charge < -0.3 is 4.74 Å². The van der Waals surface area contributed by atoms with Gasteiger partial charge in [-0.15, -0.1) is 10.2 Å². The zero-order chi connectivity index (χ0) is 22.2. The van der Waals surface area contributed by atoms with Crippen LogP contribution in [0.25, 0.3) is 22.3 Å². The number of sulfonamides is 1. The molecule has 0 aliphatic heterocycles. The average molecular weight is 459 g/mol. The van der Waals surface area contributed by atoms with Crippen molar-refractivity contribution in [3.8, 4) is 16.3 Å². The normalized spacial score (nSPS) is 12.0. The van der Waals surface area contributed by atoms with Crippen LogP contribution in [0.3, 0.4) is 0 Å². The van der Waals surface area contributed by atoms with Crippen molar-refractivity contribution in [1.29, 1.82) is 0 Å². The van der Waals surface area contributed by atoms with Crippen LogP contribution < -0.4 is 15.0 Å². The number of benzene rings is 1. The molecule has 4 rings (SSSR count). The lowest BCUT2D eigenvalue weighted by Gasteiger charge is -2.06. The summed E-state index contributed by atoms with van der Waals surface area (Å²) in [5.74, 6) is 0.679. The van der Waals surface area contributed by atoms with Crippen molar-refractivity contribution in [1.82, 2.24) is 24.4 Å². The first-order chi connectivity index (χ1) is 14.8. The highest BCUT2D eigenvalue weighted by molar-refractivity contribution is 7.95. The molecule has 0 saturated heterocycles. The van der Waals surface area contributed by atoms with Crippen LogP contribution in [0.4, 0.5) is 5.69 Å². The van der Waals surface area contributed by atoms with Crippen molar-refractivity contribution in [2.75, 3.05) is 11.8 Å². The molecule has 0 fully saturated rings. The van der Waals surface area contributed by atoms with E-state index in [0.29, 0.717) is 27.5 Å². The van der Waals surface area contributed by atoms with Crippen LogP contribution in [0.5, 0.6) is 5.75 Å². The van der Waals surface area contributed by atoms with Crippen molar-refractivity contribution < 1.29 is 13.2 Å². The number of hydrogen-bond acceptors (Lipinski definition) is 8. The number of anilines is 1. The zero-order valence-corrected chi connectivity index (χ0v) is 18.4. The van der Waals surface area contributed by atoms with Gasteiger partial charge in [0.25, 0.3) is 15.6 Å². The van der Waals surface area contributed by atoms with E-state index < -0.39 is 10.0 Å². The molecule has 12 heteroatoms. The van der Waals surface area contributed by atoms with E-state index in [4.69, 9.17) is 4.74 Å². The summed E-state index contributed by atoms with van der Waals surface area (Å²) in [6, 6.07) is 6.96. The first-order valence-electron chi connectivity index (χ1n) is 9.00. The molecule has 0 saturated carbocycles. The highest BCUT2D eigenvalue weighted by Crippen LogP contribution is 2.24. The maximum atomic E-state index is 12.7. The quantitative estimate of drug-likeness (QED) is 0.470. The Kier molecular flexibility index (Phi) is 5.33. The van der Waals surface area contributed by atoms with E-state index in [1.807, 2.05) is 0 Å². The summed E-state index contributed by atoms with van der Waals surface area (Å²) in [5, 5.41) is 10.2. The van der Waals surface area contributed by atoms with Gasteiger partial charge in [0.2, 0.25) is 0 Å². The van der Waals surface area contributed by atoms with Gasteiger partial charge in [0.15, 0.2) is 10.7 Å². The van der Waals surface area contributed by atoms with E-state index in [-0.39, 0.29) is 11.2 Å². The third-order valence-corrected chi connectivity index (χ3v) is 6.29. The number of hydrogen-bond donors (Lipinski definition) is 1. The Labute approximate surface area is 181 Å². The van der Waals surface area contributed by atoms with E-state index in [0.717, 1.165) is 10.4 Å². The molecular formula is C19H18N6O4S2.